The van der Waals surface area contributed by atoms with Crippen molar-refractivity contribution < 1.29 is 0 Å². The van der Waals surface area contributed by atoms with E-state index in [1.807, 2.05) is 6.07 Å². The van der Waals surface area contributed by atoms with Crippen molar-refractivity contribution in [2.75, 3.05) is 22.6 Å². The maximum absolute atomic E-state index is 5.65. The largest absolute Gasteiger partial charge is 0.368 e. The van der Waals surface area contributed by atoms with Gasteiger partial charge in [0.05, 0.1) is 18.0 Å². The summed E-state index contributed by atoms with van der Waals surface area (Å²) in [5.74, 6) is 0.315. The zero-order valence-corrected chi connectivity index (χ0v) is 9.94. The molecule has 0 saturated carbocycles. The summed E-state index contributed by atoms with van der Waals surface area (Å²) in [7, 11) is 0. The monoisotopic (exact) mass is 229 g/mol. The molecule has 0 amide bonds. The van der Waals surface area contributed by atoms with Crippen molar-refractivity contribution in [2.45, 2.75) is 19.9 Å². The standard InChI is InChI=1S/C12H15N5/c1-7(2)17-6-15-11-9(17)4-3-8-5-14-12(13)16-10(8)11/h3-5,7,15H,6H2,1-2H3,(H2,13,14,16). The molecule has 1 aliphatic rings. The Kier molecular flexibility index (Phi) is 2.07. The lowest BCUT2D eigenvalue weighted by molar-refractivity contribution is 0.727. The topological polar surface area (TPSA) is 67.1 Å². The number of aromatic nitrogens is 2. The molecule has 2 aromatic rings. The van der Waals surface area contributed by atoms with Crippen LogP contribution in [0.5, 0.6) is 0 Å². The summed E-state index contributed by atoms with van der Waals surface area (Å²) in [4.78, 5) is 10.6. The first kappa shape index (κ1) is 10.1. The molecule has 0 radical (unpaired) electrons. The quantitative estimate of drug-likeness (QED) is 0.780. The minimum Gasteiger partial charge on any atom is -0.368 e. The van der Waals surface area contributed by atoms with Crippen LogP contribution < -0.4 is 16.0 Å². The number of nitrogens with two attached hydrogens (primary N) is 1. The van der Waals surface area contributed by atoms with Gasteiger partial charge in [0.25, 0.3) is 0 Å². The van der Waals surface area contributed by atoms with Crippen molar-refractivity contribution in [1.82, 2.24) is 9.97 Å². The molecule has 0 spiro atoms. The fourth-order valence-corrected chi connectivity index (χ4v) is 2.22. The minimum atomic E-state index is 0.315. The van der Waals surface area contributed by atoms with Gasteiger partial charge in [-0.1, -0.05) is 0 Å². The highest BCUT2D eigenvalue weighted by Crippen LogP contribution is 2.37. The summed E-state index contributed by atoms with van der Waals surface area (Å²) in [6, 6.07) is 4.60. The van der Waals surface area contributed by atoms with Gasteiger partial charge in [-0.2, -0.15) is 0 Å². The van der Waals surface area contributed by atoms with Crippen molar-refractivity contribution in [3.05, 3.63) is 18.3 Å². The van der Waals surface area contributed by atoms with E-state index in [4.69, 9.17) is 5.73 Å². The third kappa shape index (κ3) is 1.46. The summed E-state index contributed by atoms with van der Waals surface area (Å²) >= 11 is 0. The van der Waals surface area contributed by atoms with E-state index in [0.717, 1.165) is 23.3 Å². The predicted octanol–water partition coefficient (Wildman–Crippen LogP) is 1.81. The summed E-state index contributed by atoms with van der Waals surface area (Å²) < 4.78 is 0. The van der Waals surface area contributed by atoms with Crippen molar-refractivity contribution in [3.8, 4) is 0 Å². The van der Waals surface area contributed by atoms with Crippen LogP contribution in [0.15, 0.2) is 18.3 Å². The van der Waals surface area contributed by atoms with Crippen LogP contribution in [0.1, 0.15) is 13.8 Å². The number of hydrogen-bond acceptors (Lipinski definition) is 5. The highest BCUT2D eigenvalue weighted by Gasteiger charge is 2.23. The molecule has 88 valence electrons. The van der Waals surface area contributed by atoms with Crippen LogP contribution in [-0.2, 0) is 0 Å². The number of nitrogens with zero attached hydrogens (tertiary/aromatic N) is 3. The summed E-state index contributed by atoms with van der Waals surface area (Å²) in [6.07, 6.45) is 1.76. The number of anilines is 3. The Morgan fingerprint density at radius 2 is 2.24 bits per heavy atom. The van der Waals surface area contributed by atoms with Gasteiger partial charge < -0.3 is 16.0 Å². The highest BCUT2D eigenvalue weighted by atomic mass is 15.3. The van der Waals surface area contributed by atoms with Gasteiger partial charge in [0, 0.05) is 17.6 Å². The van der Waals surface area contributed by atoms with Crippen LogP contribution in [0.4, 0.5) is 17.3 Å². The second-order valence-electron chi connectivity index (χ2n) is 4.52. The predicted molar refractivity (Wildman–Crippen MR) is 70.1 cm³/mol. The number of fused-ring (bicyclic) bond motifs is 3. The van der Waals surface area contributed by atoms with Gasteiger partial charge in [0.15, 0.2) is 0 Å². The van der Waals surface area contributed by atoms with Gasteiger partial charge in [-0.3, -0.25) is 0 Å². The average molecular weight is 229 g/mol. The molecule has 3 rings (SSSR count). The van der Waals surface area contributed by atoms with Gasteiger partial charge in [-0.15, -0.1) is 0 Å². The Morgan fingerprint density at radius 1 is 1.41 bits per heavy atom. The van der Waals surface area contributed by atoms with Crippen molar-refractivity contribution >= 4 is 28.2 Å². The normalized spacial score (nSPS) is 14.2. The average Bonchev–Trinajstić information content (AvgIpc) is 2.72. The first-order chi connectivity index (χ1) is 8.16. The molecule has 2 heterocycles. The molecule has 1 aromatic heterocycles. The number of nitrogen functional groups attached to an aromatic ring is 1. The van der Waals surface area contributed by atoms with Crippen LogP contribution >= 0.6 is 0 Å². The number of benzene rings is 1. The Hall–Kier alpha value is -2.04. The summed E-state index contributed by atoms with van der Waals surface area (Å²) in [5.41, 5.74) is 8.80. The molecule has 3 N–H and O–H groups in total. The maximum Gasteiger partial charge on any atom is 0.220 e. The van der Waals surface area contributed by atoms with Crippen LogP contribution in [0, 0.1) is 0 Å². The minimum absolute atomic E-state index is 0.315. The van der Waals surface area contributed by atoms with Gasteiger partial charge in [-0.05, 0) is 26.0 Å². The van der Waals surface area contributed by atoms with Crippen LogP contribution in [-0.4, -0.2) is 22.7 Å². The van der Waals surface area contributed by atoms with Gasteiger partial charge in [-0.25, -0.2) is 9.97 Å². The lowest BCUT2D eigenvalue weighted by atomic mass is 10.1. The van der Waals surface area contributed by atoms with E-state index in [0.29, 0.717) is 12.0 Å². The van der Waals surface area contributed by atoms with Gasteiger partial charge in [0.1, 0.15) is 5.52 Å². The molecule has 0 atom stereocenters. The molecule has 0 unspecified atom stereocenters. The molecule has 1 aliphatic heterocycles. The molecule has 0 bridgehead atoms. The molecule has 17 heavy (non-hydrogen) atoms. The van der Waals surface area contributed by atoms with Gasteiger partial charge in [0.2, 0.25) is 5.95 Å². The Balaban J connectivity index is 2.24. The van der Waals surface area contributed by atoms with E-state index >= 15 is 0 Å². The number of nitrogens with one attached hydrogen (secondary N) is 1. The van der Waals surface area contributed by atoms with Crippen LogP contribution in [0.2, 0.25) is 0 Å². The molecule has 5 nitrogen and oxygen atoms in total. The van der Waals surface area contributed by atoms with E-state index in [1.165, 1.54) is 5.69 Å². The Bertz CT molecular complexity index is 578. The van der Waals surface area contributed by atoms with Crippen molar-refractivity contribution in [3.63, 3.8) is 0 Å². The first-order valence-electron chi connectivity index (χ1n) is 5.72. The molecule has 0 saturated heterocycles. The zero-order chi connectivity index (χ0) is 12.0. The lowest BCUT2D eigenvalue weighted by Gasteiger charge is -2.22. The van der Waals surface area contributed by atoms with Gasteiger partial charge >= 0.3 is 0 Å². The molecule has 1 aromatic carbocycles. The maximum atomic E-state index is 5.65. The van der Waals surface area contributed by atoms with Crippen LogP contribution in [0.3, 0.4) is 0 Å². The highest BCUT2D eigenvalue weighted by molar-refractivity contribution is 5.99. The van der Waals surface area contributed by atoms with Crippen molar-refractivity contribution in [2.24, 2.45) is 0 Å². The number of rotatable bonds is 1. The Labute approximate surface area is 99.7 Å². The molecule has 5 heteroatoms. The van der Waals surface area contributed by atoms with Crippen LogP contribution in [0.25, 0.3) is 10.9 Å². The molecule has 0 aliphatic carbocycles. The molecular formula is C12H15N5. The van der Waals surface area contributed by atoms with E-state index in [2.05, 4.69) is 40.1 Å². The SMILES string of the molecule is CC(C)N1CNc2c1ccc1cnc(N)nc21. The third-order valence-corrected chi connectivity index (χ3v) is 3.11. The first-order valence-corrected chi connectivity index (χ1v) is 5.72. The zero-order valence-electron chi connectivity index (χ0n) is 9.94. The van der Waals surface area contributed by atoms with E-state index in [9.17, 15) is 0 Å². The molecular weight excluding hydrogens is 214 g/mol. The second kappa shape index (κ2) is 3.48. The fourth-order valence-electron chi connectivity index (χ4n) is 2.22. The summed E-state index contributed by atoms with van der Waals surface area (Å²) in [5, 5.41) is 4.39. The van der Waals surface area contributed by atoms with Crippen molar-refractivity contribution in [1.29, 1.82) is 0 Å². The lowest BCUT2D eigenvalue weighted by Crippen LogP contribution is -2.29. The Morgan fingerprint density at radius 3 is 3.00 bits per heavy atom. The smallest absolute Gasteiger partial charge is 0.220 e. The van der Waals surface area contributed by atoms with E-state index in [1.54, 1.807) is 6.20 Å². The second-order valence-corrected chi connectivity index (χ2v) is 4.52. The van der Waals surface area contributed by atoms with E-state index in [-0.39, 0.29) is 0 Å². The molecule has 0 fully saturated rings. The fraction of sp³-hybridized carbons (Fsp3) is 0.333. The third-order valence-electron chi connectivity index (χ3n) is 3.11. The number of hydrogen-bond donors (Lipinski definition) is 2. The van der Waals surface area contributed by atoms with E-state index < -0.39 is 0 Å². The summed E-state index contributed by atoms with van der Waals surface area (Å²) in [6.45, 7) is 5.17.